The van der Waals surface area contributed by atoms with Gasteiger partial charge in [0, 0.05) is 54.9 Å². The van der Waals surface area contributed by atoms with Gasteiger partial charge in [0.05, 0.1) is 33.1 Å². The second-order valence-electron chi connectivity index (χ2n) is 16.5. The average Bonchev–Trinajstić information content (AvgIpc) is 4.00. The van der Waals surface area contributed by atoms with Gasteiger partial charge in [-0.3, -0.25) is 0 Å². The minimum atomic E-state index is 1.15. The molecule has 0 atom stereocenters. The fourth-order valence-electron chi connectivity index (χ4n) is 10.3. The number of para-hydroxylation sites is 5. The highest BCUT2D eigenvalue weighted by molar-refractivity contribution is 6.27. The van der Waals surface area contributed by atoms with Crippen molar-refractivity contribution in [1.29, 1.82) is 0 Å². The van der Waals surface area contributed by atoms with Gasteiger partial charge in [-0.05, 0) is 101 Å². The molecule has 3 aromatic heterocycles. The summed E-state index contributed by atoms with van der Waals surface area (Å²) in [5.41, 5.74) is 17.8. The largest absolute Gasteiger partial charge is 0.309 e. The van der Waals surface area contributed by atoms with Gasteiger partial charge in [-0.15, -0.1) is 0 Å². The molecule has 0 bridgehead atoms. The van der Waals surface area contributed by atoms with Crippen molar-refractivity contribution in [2.75, 3.05) is 0 Å². The Balaban J connectivity index is 1.03. The summed E-state index contributed by atoms with van der Waals surface area (Å²) in [5.74, 6) is 0. The molecule has 0 saturated heterocycles. The van der Waals surface area contributed by atoms with Crippen molar-refractivity contribution < 1.29 is 0 Å². The molecule has 0 aliphatic heterocycles. The van der Waals surface area contributed by atoms with Gasteiger partial charge in [0.2, 0.25) is 0 Å². The predicted molar refractivity (Wildman–Crippen MR) is 266 cm³/mol. The van der Waals surface area contributed by atoms with Gasteiger partial charge in [0.1, 0.15) is 0 Å². The van der Waals surface area contributed by atoms with Crippen LogP contribution in [0.1, 0.15) is 0 Å². The van der Waals surface area contributed by atoms with Crippen molar-refractivity contribution in [3.63, 3.8) is 0 Å². The quantitative estimate of drug-likeness (QED) is 0.159. The van der Waals surface area contributed by atoms with E-state index < -0.39 is 0 Å². The van der Waals surface area contributed by atoms with Crippen LogP contribution < -0.4 is 0 Å². The molecule has 0 N–H and O–H groups in total. The first-order valence-corrected chi connectivity index (χ1v) is 21.7. The van der Waals surface area contributed by atoms with Crippen molar-refractivity contribution in [3.8, 4) is 50.4 Å². The van der Waals surface area contributed by atoms with E-state index in [0.717, 1.165) is 17.1 Å². The maximum Gasteiger partial charge on any atom is 0.0627 e. The van der Waals surface area contributed by atoms with E-state index in [4.69, 9.17) is 0 Å². The number of nitrogens with zero attached hydrogens (tertiary/aromatic N) is 3. The summed E-state index contributed by atoms with van der Waals surface area (Å²) in [5, 5.41) is 7.44. The van der Waals surface area contributed by atoms with Crippen LogP contribution in [-0.4, -0.2) is 13.7 Å². The summed E-state index contributed by atoms with van der Waals surface area (Å²) in [7, 11) is 0. The number of fused-ring (bicyclic) bond motifs is 9. The number of benzene rings is 10. The summed E-state index contributed by atoms with van der Waals surface area (Å²) in [6.45, 7) is 0. The van der Waals surface area contributed by atoms with Crippen LogP contribution in [0.2, 0.25) is 0 Å². The van der Waals surface area contributed by atoms with E-state index >= 15 is 0 Å². The third-order valence-corrected chi connectivity index (χ3v) is 13.0. The Labute approximate surface area is 364 Å². The smallest absolute Gasteiger partial charge is 0.0627 e. The lowest BCUT2D eigenvalue weighted by Gasteiger charge is -2.15. The highest BCUT2D eigenvalue weighted by Gasteiger charge is 2.24. The van der Waals surface area contributed by atoms with Crippen LogP contribution in [0.4, 0.5) is 0 Å². The summed E-state index contributed by atoms with van der Waals surface area (Å²) in [6.07, 6.45) is 0. The standard InChI is InChI=1S/C60H39N3/c1-4-17-40(18-5-1)43-19-16-24-47(37-43)62-53-28-13-10-25-48(53)51-38-44(35-36-56(51)62)41-31-33-42(34-32-41)58-59-50-27-12-15-30-55(50)61(45-20-6-2-7-21-45)57(59)39-52-49-26-11-14-29-54(49)63(60(52)58)46-22-8-3-9-23-46/h1-39H. The summed E-state index contributed by atoms with van der Waals surface area (Å²) in [4.78, 5) is 0. The molecule has 63 heavy (non-hydrogen) atoms. The summed E-state index contributed by atoms with van der Waals surface area (Å²) in [6, 6.07) is 86.4. The Morgan fingerprint density at radius 3 is 1.37 bits per heavy atom. The topological polar surface area (TPSA) is 14.8 Å². The van der Waals surface area contributed by atoms with E-state index in [1.165, 1.54) is 98.8 Å². The molecule has 13 rings (SSSR count). The molecular weight excluding hydrogens is 763 g/mol. The first-order valence-electron chi connectivity index (χ1n) is 21.7. The molecule has 0 amide bonds. The van der Waals surface area contributed by atoms with Crippen LogP contribution in [0.5, 0.6) is 0 Å². The van der Waals surface area contributed by atoms with Crippen LogP contribution in [0.3, 0.4) is 0 Å². The van der Waals surface area contributed by atoms with Crippen molar-refractivity contribution in [1.82, 2.24) is 13.7 Å². The van der Waals surface area contributed by atoms with Crippen molar-refractivity contribution >= 4 is 65.4 Å². The zero-order valence-corrected chi connectivity index (χ0v) is 34.4. The van der Waals surface area contributed by atoms with Crippen molar-refractivity contribution in [2.24, 2.45) is 0 Å². The van der Waals surface area contributed by atoms with E-state index in [1.807, 2.05) is 0 Å². The number of rotatable bonds is 6. The fraction of sp³-hybridized carbons (Fsp3) is 0. The molecule has 3 heterocycles. The van der Waals surface area contributed by atoms with E-state index in [-0.39, 0.29) is 0 Å². The third-order valence-electron chi connectivity index (χ3n) is 13.0. The lowest BCUT2D eigenvalue weighted by atomic mass is 9.94. The molecule has 294 valence electrons. The van der Waals surface area contributed by atoms with Crippen molar-refractivity contribution in [2.45, 2.75) is 0 Å². The normalized spacial score (nSPS) is 11.8. The van der Waals surface area contributed by atoms with E-state index in [9.17, 15) is 0 Å². The van der Waals surface area contributed by atoms with Gasteiger partial charge in [0.15, 0.2) is 0 Å². The SMILES string of the molecule is c1ccc(-c2cccc(-n3c4ccccc4c4cc(-c5ccc(-c6c7c8ccccc8n(-c8ccccc8)c7cc7c8ccccc8n(-c8ccccc8)c67)cc5)ccc43)c2)cc1. The second kappa shape index (κ2) is 14.1. The van der Waals surface area contributed by atoms with Gasteiger partial charge in [0.25, 0.3) is 0 Å². The number of hydrogen-bond acceptors (Lipinski definition) is 0. The Morgan fingerprint density at radius 2 is 0.667 bits per heavy atom. The molecule has 0 fully saturated rings. The zero-order valence-electron chi connectivity index (χ0n) is 34.4. The van der Waals surface area contributed by atoms with Crippen LogP contribution in [-0.2, 0) is 0 Å². The molecule has 0 unspecified atom stereocenters. The highest BCUT2D eigenvalue weighted by atomic mass is 15.0. The number of aromatic nitrogens is 3. The monoisotopic (exact) mass is 801 g/mol. The lowest BCUT2D eigenvalue weighted by Crippen LogP contribution is -1.97. The molecule has 3 heteroatoms. The zero-order chi connectivity index (χ0) is 41.4. The maximum atomic E-state index is 2.47. The second-order valence-corrected chi connectivity index (χ2v) is 16.5. The Morgan fingerprint density at radius 1 is 0.222 bits per heavy atom. The third kappa shape index (κ3) is 5.46. The summed E-state index contributed by atoms with van der Waals surface area (Å²) >= 11 is 0. The molecule has 3 nitrogen and oxygen atoms in total. The molecule has 0 saturated carbocycles. The minimum absolute atomic E-state index is 1.15. The Hall–Kier alpha value is -8.40. The Kier molecular flexibility index (Phi) is 7.91. The average molecular weight is 802 g/mol. The lowest BCUT2D eigenvalue weighted by molar-refractivity contribution is 1.17. The van der Waals surface area contributed by atoms with Crippen molar-refractivity contribution in [3.05, 3.63) is 237 Å². The van der Waals surface area contributed by atoms with Gasteiger partial charge < -0.3 is 13.7 Å². The molecule has 0 aliphatic rings. The van der Waals surface area contributed by atoms with Crippen LogP contribution in [0.15, 0.2) is 237 Å². The maximum absolute atomic E-state index is 2.47. The highest BCUT2D eigenvalue weighted by Crippen LogP contribution is 2.47. The molecule has 0 spiro atoms. The fourth-order valence-corrected chi connectivity index (χ4v) is 10.3. The first kappa shape index (κ1) is 35.4. The minimum Gasteiger partial charge on any atom is -0.309 e. The van der Waals surface area contributed by atoms with E-state index in [2.05, 4.69) is 250 Å². The van der Waals surface area contributed by atoms with Crippen LogP contribution in [0.25, 0.3) is 116 Å². The molecule has 0 aliphatic carbocycles. The first-order chi connectivity index (χ1) is 31.3. The molecule has 0 radical (unpaired) electrons. The summed E-state index contributed by atoms with van der Waals surface area (Å²) < 4.78 is 7.33. The molecule has 13 aromatic rings. The van der Waals surface area contributed by atoms with Gasteiger partial charge in [-0.2, -0.15) is 0 Å². The molecule has 10 aromatic carbocycles. The van der Waals surface area contributed by atoms with Gasteiger partial charge in [-0.25, -0.2) is 0 Å². The Bertz CT molecular complexity index is 3860. The van der Waals surface area contributed by atoms with Crippen LogP contribution >= 0.6 is 0 Å². The predicted octanol–water partition coefficient (Wildman–Crippen LogP) is 16.0. The van der Waals surface area contributed by atoms with E-state index in [0.29, 0.717) is 0 Å². The number of hydrogen-bond donors (Lipinski definition) is 0. The molecular formula is C60H39N3. The van der Waals surface area contributed by atoms with Gasteiger partial charge in [-0.1, -0.05) is 164 Å². The van der Waals surface area contributed by atoms with Gasteiger partial charge >= 0.3 is 0 Å². The van der Waals surface area contributed by atoms with Crippen LogP contribution in [0, 0.1) is 0 Å². The van der Waals surface area contributed by atoms with E-state index in [1.54, 1.807) is 0 Å².